The normalized spacial score (nSPS) is 11.9. The summed E-state index contributed by atoms with van der Waals surface area (Å²) in [5, 5.41) is 3.99. The van der Waals surface area contributed by atoms with E-state index in [0.29, 0.717) is 15.6 Å². The van der Waals surface area contributed by atoms with Crippen LogP contribution in [-0.4, -0.2) is 10.9 Å². The first kappa shape index (κ1) is 13.8. The van der Waals surface area contributed by atoms with Crippen molar-refractivity contribution in [1.82, 2.24) is 10.3 Å². The molecule has 2 rings (SSSR count). The highest BCUT2D eigenvalue weighted by Gasteiger charge is 2.13. The standard InChI is InChI=1S/C14H12Cl2N2O/c1-9(12-3-2-11(15)8-13(12)16)18-14(19)10-4-6-17-7-5-10/h2-9H,1H3,(H,18,19)/t9-/m1/s1. The van der Waals surface area contributed by atoms with E-state index in [1.807, 2.05) is 13.0 Å². The van der Waals surface area contributed by atoms with Crippen molar-refractivity contribution in [3.05, 3.63) is 63.9 Å². The molecule has 1 amide bonds. The van der Waals surface area contributed by atoms with Gasteiger partial charge in [0.2, 0.25) is 0 Å². The number of nitrogens with one attached hydrogen (secondary N) is 1. The Hall–Kier alpha value is -1.58. The SMILES string of the molecule is C[C@@H](NC(=O)c1ccncc1)c1ccc(Cl)cc1Cl. The molecule has 1 aromatic heterocycles. The minimum atomic E-state index is -0.203. The van der Waals surface area contributed by atoms with E-state index in [1.54, 1.807) is 36.7 Å². The van der Waals surface area contributed by atoms with E-state index in [4.69, 9.17) is 23.2 Å². The van der Waals surface area contributed by atoms with Gasteiger partial charge in [-0.05, 0) is 36.8 Å². The predicted octanol–water partition coefficient (Wildman–Crippen LogP) is 3.88. The second-order valence-electron chi connectivity index (χ2n) is 4.10. The predicted molar refractivity (Wildman–Crippen MR) is 76.6 cm³/mol. The Morgan fingerprint density at radius 2 is 1.89 bits per heavy atom. The van der Waals surface area contributed by atoms with E-state index < -0.39 is 0 Å². The van der Waals surface area contributed by atoms with E-state index in [-0.39, 0.29) is 11.9 Å². The van der Waals surface area contributed by atoms with Crippen LogP contribution in [0.25, 0.3) is 0 Å². The van der Waals surface area contributed by atoms with Crippen LogP contribution >= 0.6 is 23.2 Å². The molecule has 0 saturated heterocycles. The summed E-state index contributed by atoms with van der Waals surface area (Å²) in [6, 6.07) is 8.33. The molecule has 19 heavy (non-hydrogen) atoms. The summed E-state index contributed by atoms with van der Waals surface area (Å²) in [5.74, 6) is -0.166. The fourth-order valence-corrected chi connectivity index (χ4v) is 2.29. The lowest BCUT2D eigenvalue weighted by atomic mass is 10.1. The number of hydrogen-bond acceptors (Lipinski definition) is 2. The highest BCUT2D eigenvalue weighted by molar-refractivity contribution is 6.35. The molecule has 1 heterocycles. The van der Waals surface area contributed by atoms with Crippen LogP contribution in [0.2, 0.25) is 10.0 Å². The van der Waals surface area contributed by atoms with Crippen molar-refractivity contribution < 1.29 is 4.79 Å². The van der Waals surface area contributed by atoms with E-state index in [2.05, 4.69) is 10.3 Å². The van der Waals surface area contributed by atoms with Gasteiger partial charge in [0.1, 0.15) is 0 Å². The lowest BCUT2D eigenvalue weighted by Crippen LogP contribution is -2.26. The summed E-state index contributed by atoms with van der Waals surface area (Å²) in [6.07, 6.45) is 3.16. The summed E-state index contributed by atoms with van der Waals surface area (Å²) < 4.78 is 0. The third-order valence-electron chi connectivity index (χ3n) is 2.72. The second kappa shape index (κ2) is 6.04. The molecule has 0 aliphatic rings. The number of carbonyl (C=O) groups is 1. The van der Waals surface area contributed by atoms with E-state index in [0.717, 1.165) is 5.56 Å². The van der Waals surface area contributed by atoms with Crippen LogP contribution in [0.1, 0.15) is 28.9 Å². The minimum Gasteiger partial charge on any atom is -0.345 e. The first-order chi connectivity index (χ1) is 9.08. The minimum absolute atomic E-state index is 0.166. The van der Waals surface area contributed by atoms with Crippen molar-refractivity contribution in [3.63, 3.8) is 0 Å². The Morgan fingerprint density at radius 3 is 2.53 bits per heavy atom. The first-order valence-electron chi connectivity index (χ1n) is 5.74. The summed E-state index contributed by atoms with van der Waals surface area (Å²) in [7, 11) is 0. The van der Waals surface area contributed by atoms with Gasteiger partial charge in [0.25, 0.3) is 5.91 Å². The van der Waals surface area contributed by atoms with Crippen molar-refractivity contribution in [2.45, 2.75) is 13.0 Å². The summed E-state index contributed by atoms with van der Waals surface area (Å²) in [5.41, 5.74) is 1.39. The average Bonchev–Trinajstić information content (AvgIpc) is 2.39. The molecular weight excluding hydrogens is 283 g/mol. The fourth-order valence-electron chi connectivity index (χ4n) is 1.71. The Bertz CT molecular complexity index is 587. The molecule has 0 radical (unpaired) electrons. The fraction of sp³-hybridized carbons (Fsp3) is 0.143. The Kier molecular flexibility index (Phi) is 4.40. The molecule has 1 aromatic carbocycles. The van der Waals surface area contributed by atoms with Crippen molar-refractivity contribution in [2.24, 2.45) is 0 Å². The van der Waals surface area contributed by atoms with Gasteiger partial charge in [-0.25, -0.2) is 0 Å². The molecule has 0 unspecified atom stereocenters. The summed E-state index contributed by atoms with van der Waals surface area (Å²) >= 11 is 12.0. The van der Waals surface area contributed by atoms with Crippen LogP contribution in [0.15, 0.2) is 42.7 Å². The van der Waals surface area contributed by atoms with Gasteiger partial charge < -0.3 is 5.32 Å². The zero-order valence-electron chi connectivity index (χ0n) is 10.2. The van der Waals surface area contributed by atoms with Crippen LogP contribution in [0.3, 0.4) is 0 Å². The van der Waals surface area contributed by atoms with Gasteiger partial charge in [0.15, 0.2) is 0 Å². The van der Waals surface area contributed by atoms with E-state index in [9.17, 15) is 4.79 Å². The van der Waals surface area contributed by atoms with Gasteiger partial charge in [-0.2, -0.15) is 0 Å². The molecular formula is C14H12Cl2N2O. The summed E-state index contributed by atoms with van der Waals surface area (Å²) in [4.78, 5) is 15.9. The Morgan fingerprint density at radius 1 is 1.21 bits per heavy atom. The molecule has 0 saturated carbocycles. The molecule has 5 heteroatoms. The van der Waals surface area contributed by atoms with Gasteiger partial charge in [-0.15, -0.1) is 0 Å². The lowest BCUT2D eigenvalue weighted by molar-refractivity contribution is 0.0940. The number of nitrogens with zero attached hydrogens (tertiary/aromatic N) is 1. The maximum Gasteiger partial charge on any atom is 0.251 e. The topological polar surface area (TPSA) is 42.0 Å². The number of hydrogen-bond donors (Lipinski definition) is 1. The Labute approximate surface area is 121 Å². The molecule has 0 aliphatic carbocycles. The molecule has 0 fully saturated rings. The van der Waals surface area contributed by atoms with Crippen molar-refractivity contribution in [3.8, 4) is 0 Å². The quantitative estimate of drug-likeness (QED) is 0.933. The van der Waals surface area contributed by atoms with E-state index in [1.165, 1.54) is 0 Å². The van der Waals surface area contributed by atoms with Crippen molar-refractivity contribution in [1.29, 1.82) is 0 Å². The second-order valence-corrected chi connectivity index (χ2v) is 4.94. The van der Waals surface area contributed by atoms with Gasteiger partial charge in [-0.3, -0.25) is 9.78 Å². The maximum atomic E-state index is 12.0. The third-order valence-corrected chi connectivity index (χ3v) is 3.28. The van der Waals surface area contributed by atoms with Crippen molar-refractivity contribution >= 4 is 29.1 Å². The molecule has 0 aliphatic heterocycles. The maximum absolute atomic E-state index is 12.0. The number of halogens is 2. The van der Waals surface area contributed by atoms with Crippen LogP contribution < -0.4 is 5.32 Å². The molecule has 98 valence electrons. The summed E-state index contributed by atoms with van der Waals surface area (Å²) in [6.45, 7) is 1.87. The van der Waals surface area contributed by atoms with Crippen LogP contribution in [0.4, 0.5) is 0 Å². The van der Waals surface area contributed by atoms with Crippen LogP contribution in [0.5, 0.6) is 0 Å². The number of benzene rings is 1. The van der Waals surface area contributed by atoms with Gasteiger partial charge >= 0.3 is 0 Å². The zero-order chi connectivity index (χ0) is 13.8. The number of pyridine rings is 1. The molecule has 1 atom stereocenters. The molecule has 3 nitrogen and oxygen atoms in total. The number of aromatic nitrogens is 1. The lowest BCUT2D eigenvalue weighted by Gasteiger charge is -2.16. The molecule has 2 aromatic rings. The van der Waals surface area contributed by atoms with Crippen LogP contribution in [-0.2, 0) is 0 Å². The number of amides is 1. The van der Waals surface area contributed by atoms with Gasteiger partial charge in [0, 0.05) is 28.0 Å². The zero-order valence-corrected chi connectivity index (χ0v) is 11.7. The molecule has 0 bridgehead atoms. The van der Waals surface area contributed by atoms with Crippen molar-refractivity contribution in [2.75, 3.05) is 0 Å². The van der Waals surface area contributed by atoms with Gasteiger partial charge in [0.05, 0.1) is 6.04 Å². The monoisotopic (exact) mass is 294 g/mol. The number of carbonyl (C=O) groups excluding carboxylic acids is 1. The highest BCUT2D eigenvalue weighted by atomic mass is 35.5. The first-order valence-corrected chi connectivity index (χ1v) is 6.49. The average molecular weight is 295 g/mol. The smallest absolute Gasteiger partial charge is 0.251 e. The highest BCUT2D eigenvalue weighted by Crippen LogP contribution is 2.26. The largest absolute Gasteiger partial charge is 0.345 e. The molecule has 0 spiro atoms. The molecule has 1 N–H and O–H groups in total. The van der Waals surface area contributed by atoms with E-state index >= 15 is 0 Å². The van der Waals surface area contributed by atoms with Gasteiger partial charge in [-0.1, -0.05) is 29.3 Å². The van der Waals surface area contributed by atoms with Crippen LogP contribution in [0, 0.1) is 0 Å². The third kappa shape index (κ3) is 3.46. The Balaban J connectivity index is 2.13. The number of rotatable bonds is 3.